The molecule has 0 unspecified atom stereocenters. The monoisotopic (exact) mass is 434 g/mol. The normalized spacial score (nSPS) is 11.1. The Labute approximate surface area is 193 Å². The number of aliphatic hydroxyl groups is 1. The van der Waals surface area contributed by atoms with Crippen LogP contribution in [0, 0.1) is 6.92 Å². The maximum absolute atomic E-state index is 9.86. The average molecular weight is 435 g/mol. The number of hydrogen-bond donors (Lipinski definition) is 1. The summed E-state index contributed by atoms with van der Waals surface area (Å²) in [5, 5.41) is 10.8. The number of aromatic nitrogens is 3. The van der Waals surface area contributed by atoms with Gasteiger partial charge in [0.1, 0.15) is 12.1 Å². The maximum atomic E-state index is 9.86. The highest BCUT2D eigenvalue weighted by atomic mass is 16.3. The number of aryl methyl sites for hydroxylation is 1. The zero-order valence-corrected chi connectivity index (χ0v) is 18.6. The van der Waals surface area contributed by atoms with E-state index in [-0.39, 0.29) is 6.61 Å². The van der Waals surface area contributed by atoms with Crippen molar-refractivity contribution in [3.63, 3.8) is 0 Å². The average Bonchev–Trinajstić information content (AvgIpc) is 3.25. The van der Waals surface area contributed by atoms with Crippen molar-refractivity contribution in [1.82, 2.24) is 14.5 Å². The van der Waals surface area contributed by atoms with Gasteiger partial charge in [0, 0.05) is 30.5 Å². The molecule has 0 aliphatic heterocycles. The molecule has 0 spiro atoms. The molecule has 5 aromatic rings. The molecule has 2 aromatic heterocycles. The third-order valence-electron chi connectivity index (χ3n) is 5.81. The molecule has 5 nitrogen and oxygen atoms in total. The Morgan fingerprint density at radius 1 is 0.879 bits per heavy atom. The van der Waals surface area contributed by atoms with Crippen molar-refractivity contribution < 1.29 is 5.11 Å². The third-order valence-corrected chi connectivity index (χ3v) is 5.81. The molecule has 1 N–H and O–H groups in total. The Morgan fingerprint density at radius 3 is 2.36 bits per heavy atom. The Kier molecular flexibility index (Phi) is 5.87. The molecule has 2 heterocycles. The molecule has 0 aliphatic carbocycles. The molecular formula is C28H26N4O. The predicted molar refractivity (Wildman–Crippen MR) is 134 cm³/mol. The van der Waals surface area contributed by atoms with Gasteiger partial charge < -0.3 is 14.6 Å². The first-order valence-electron chi connectivity index (χ1n) is 11.1. The highest BCUT2D eigenvalue weighted by Gasteiger charge is 2.21. The molecule has 0 radical (unpaired) electrons. The van der Waals surface area contributed by atoms with Gasteiger partial charge in [-0.1, -0.05) is 72.8 Å². The number of nitrogens with zero attached hydrogens (tertiary/aromatic N) is 4. The Balaban J connectivity index is 1.74. The van der Waals surface area contributed by atoms with Gasteiger partial charge in [0.25, 0.3) is 0 Å². The van der Waals surface area contributed by atoms with E-state index in [1.807, 2.05) is 36.4 Å². The standard InChI is InChI=1S/C28H26N4O/c1-21-9-8-14-24(17-21)32-19-25(23-12-6-3-7-13-23)26-27(29-20-30-28(26)32)31(15-16-33)18-22-10-4-2-5-11-22/h2-14,17,19-20,33H,15-16,18H2,1H3. The minimum atomic E-state index is 0.0393. The van der Waals surface area contributed by atoms with Crippen molar-refractivity contribution in [2.24, 2.45) is 0 Å². The van der Waals surface area contributed by atoms with Gasteiger partial charge in [-0.25, -0.2) is 9.97 Å². The number of benzene rings is 3. The van der Waals surface area contributed by atoms with Crippen LogP contribution >= 0.6 is 0 Å². The van der Waals surface area contributed by atoms with Crippen molar-refractivity contribution >= 4 is 16.9 Å². The Hall–Kier alpha value is -3.96. The predicted octanol–water partition coefficient (Wildman–Crippen LogP) is 5.39. The lowest BCUT2D eigenvalue weighted by molar-refractivity contribution is 0.301. The largest absolute Gasteiger partial charge is 0.395 e. The first-order valence-corrected chi connectivity index (χ1v) is 11.1. The number of rotatable bonds is 7. The van der Waals surface area contributed by atoms with Crippen LogP contribution in [0.1, 0.15) is 11.1 Å². The smallest absolute Gasteiger partial charge is 0.150 e. The third kappa shape index (κ3) is 4.23. The Morgan fingerprint density at radius 2 is 1.64 bits per heavy atom. The zero-order valence-electron chi connectivity index (χ0n) is 18.6. The summed E-state index contributed by atoms with van der Waals surface area (Å²) in [6, 6.07) is 29.0. The molecule has 5 rings (SSSR count). The lowest BCUT2D eigenvalue weighted by Gasteiger charge is -2.24. The fourth-order valence-corrected chi connectivity index (χ4v) is 4.28. The molecule has 0 amide bonds. The second-order valence-electron chi connectivity index (χ2n) is 8.14. The molecule has 0 saturated carbocycles. The van der Waals surface area contributed by atoms with Gasteiger partial charge >= 0.3 is 0 Å². The van der Waals surface area contributed by atoms with E-state index >= 15 is 0 Å². The Bertz CT molecular complexity index is 1360. The fraction of sp³-hybridized carbons (Fsp3) is 0.143. The van der Waals surface area contributed by atoms with E-state index in [1.165, 1.54) is 5.56 Å². The molecule has 3 aromatic carbocycles. The van der Waals surface area contributed by atoms with Gasteiger partial charge in [-0.2, -0.15) is 0 Å². The van der Waals surface area contributed by atoms with Gasteiger partial charge in [-0.3, -0.25) is 0 Å². The van der Waals surface area contributed by atoms with E-state index in [9.17, 15) is 5.11 Å². The van der Waals surface area contributed by atoms with Crippen LogP contribution in [0.5, 0.6) is 0 Å². The highest BCUT2D eigenvalue weighted by molar-refractivity contribution is 6.02. The lowest BCUT2D eigenvalue weighted by atomic mass is 10.1. The second kappa shape index (κ2) is 9.27. The molecule has 0 fully saturated rings. The highest BCUT2D eigenvalue weighted by Crippen LogP contribution is 2.37. The van der Waals surface area contributed by atoms with Crippen molar-refractivity contribution in [3.05, 3.63) is 109 Å². The van der Waals surface area contributed by atoms with Crippen molar-refractivity contribution in [2.75, 3.05) is 18.1 Å². The summed E-state index contributed by atoms with van der Waals surface area (Å²) >= 11 is 0. The van der Waals surface area contributed by atoms with Crippen LogP contribution in [0.4, 0.5) is 5.82 Å². The van der Waals surface area contributed by atoms with Crippen LogP contribution in [-0.4, -0.2) is 32.8 Å². The van der Waals surface area contributed by atoms with Crippen LogP contribution in [0.3, 0.4) is 0 Å². The summed E-state index contributed by atoms with van der Waals surface area (Å²) in [6.07, 6.45) is 3.76. The molecule has 0 saturated heterocycles. The fourth-order valence-electron chi connectivity index (χ4n) is 4.28. The lowest BCUT2D eigenvalue weighted by Crippen LogP contribution is -2.27. The summed E-state index contributed by atoms with van der Waals surface area (Å²) < 4.78 is 2.13. The van der Waals surface area contributed by atoms with Gasteiger partial charge in [0.2, 0.25) is 0 Å². The summed E-state index contributed by atoms with van der Waals surface area (Å²) in [4.78, 5) is 11.6. The molecule has 0 aliphatic rings. The SMILES string of the molecule is Cc1cccc(-n2cc(-c3ccccc3)c3c(N(CCO)Cc4ccccc4)ncnc32)c1. The van der Waals surface area contributed by atoms with Crippen LogP contribution in [0.2, 0.25) is 0 Å². The molecule has 33 heavy (non-hydrogen) atoms. The van der Waals surface area contributed by atoms with Crippen LogP contribution in [-0.2, 0) is 6.54 Å². The molecule has 0 bridgehead atoms. The van der Waals surface area contributed by atoms with Gasteiger partial charge in [0.15, 0.2) is 5.65 Å². The number of fused-ring (bicyclic) bond motifs is 1. The van der Waals surface area contributed by atoms with Gasteiger partial charge in [0.05, 0.1) is 12.0 Å². The zero-order chi connectivity index (χ0) is 22.6. The second-order valence-corrected chi connectivity index (χ2v) is 8.14. The van der Waals surface area contributed by atoms with E-state index in [0.717, 1.165) is 39.2 Å². The van der Waals surface area contributed by atoms with Crippen LogP contribution in [0.15, 0.2) is 97.5 Å². The van der Waals surface area contributed by atoms with Gasteiger partial charge in [-0.15, -0.1) is 0 Å². The number of aliphatic hydroxyl groups excluding tert-OH is 1. The molecule has 5 heteroatoms. The minimum Gasteiger partial charge on any atom is -0.395 e. The molecule has 0 atom stereocenters. The number of anilines is 1. The molecule has 164 valence electrons. The maximum Gasteiger partial charge on any atom is 0.150 e. The van der Waals surface area contributed by atoms with Crippen LogP contribution < -0.4 is 4.90 Å². The topological polar surface area (TPSA) is 54.2 Å². The van der Waals surface area contributed by atoms with Crippen molar-refractivity contribution in [3.8, 4) is 16.8 Å². The van der Waals surface area contributed by atoms with E-state index < -0.39 is 0 Å². The van der Waals surface area contributed by atoms with Crippen LogP contribution in [0.25, 0.3) is 27.8 Å². The van der Waals surface area contributed by atoms with E-state index in [4.69, 9.17) is 9.97 Å². The summed E-state index contributed by atoms with van der Waals surface area (Å²) in [7, 11) is 0. The molecular weight excluding hydrogens is 408 g/mol. The summed E-state index contributed by atoms with van der Waals surface area (Å²) in [6.45, 7) is 3.26. The van der Waals surface area contributed by atoms with Crippen molar-refractivity contribution in [2.45, 2.75) is 13.5 Å². The quantitative estimate of drug-likeness (QED) is 0.373. The first-order chi connectivity index (χ1) is 16.2. The van der Waals surface area contributed by atoms with E-state index in [1.54, 1.807) is 6.33 Å². The summed E-state index contributed by atoms with van der Waals surface area (Å²) in [5.74, 6) is 0.822. The first kappa shape index (κ1) is 20.9. The van der Waals surface area contributed by atoms with E-state index in [2.05, 4.69) is 71.1 Å². The minimum absolute atomic E-state index is 0.0393. The van der Waals surface area contributed by atoms with Gasteiger partial charge in [-0.05, 0) is 35.7 Å². The van der Waals surface area contributed by atoms with E-state index in [0.29, 0.717) is 13.1 Å². The van der Waals surface area contributed by atoms with Crippen molar-refractivity contribution in [1.29, 1.82) is 0 Å². The number of hydrogen-bond acceptors (Lipinski definition) is 4. The summed E-state index contributed by atoms with van der Waals surface area (Å²) in [5.41, 5.74) is 6.43.